The topological polar surface area (TPSA) is 63.6 Å². The van der Waals surface area contributed by atoms with Crippen molar-refractivity contribution < 1.29 is 19.4 Å². The van der Waals surface area contributed by atoms with Crippen LogP contribution < -0.4 is 0 Å². The normalized spacial score (nSPS) is 14.0. The summed E-state index contributed by atoms with van der Waals surface area (Å²) in [6.45, 7) is 0. The zero-order valence-corrected chi connectivity index (χ0v) is 8.06. The number of cyclic esters (lactones) is 2. The Morgan fingerprint density at radius 1 is 1.06 bits per heavy atom. The molecule has 4 heteroatoms. The summed E-state index contributed by atoms with van der Waals surface area (Å²) in [4.78, 5) is 22.8. The first-order chi connectivity index (χ1) is 7.68. The highest BCUT2D eigenvalue weighted by molar-refractivity contribution is 6.18. The van der Waals surface area contributed by atoms with E-state index in [1.807, 2.05) is 0 Å². The van der Waals surface area contributed by atoms with Gasteiger partial charge in [-0.1, -0.05) is 24.3 Å². The number of phenols is 1. The van der Waals surface area contributed by atoms with Gasteiger partial charge in [0.05, 0.1) is 0 Å². The number of esters is 2. The van der Waals surface area contributed by atoms with Crippen molar-refractivity contribution in [2.75, 3.05) is 0 Å². The second-order valence-electron chi connectivity index (χ2n) is 3.55. The van der Waals surface area contributed by atoms with Crippen LogP contribution in [0, 0.1) is 0 Å². The number of rotatable bonds is 0. The van der Waals surface area contributed by atoms with Crippen molar-refractivity contribution in [1.29, 1.82) is 0 Å². The van der Waals surface area contributed by atoms with Crippen molar-refractivity contribution in [2.45, 2.75) is 0 Å². The molecular formula is C12H6O4. The van der Waals surface area contributed by atoms with Crippen LogP contribution in [0.5, 0.6) is 5.75 Å². The van der Waals surface area contributed by atoms with Gasteiger partial charge in [-0.05, 0) is 11.5 Å². The number of aromatic hydroxyl groups is 1. The Kier molecular flexibility index (Phi) is 1.57. The molecule has 1 N–H and O–H groups in total. The van der Waals surface area contributed by atoms with Crippen LogP contribution in [0.4, 0.5) is 0 Å². The van der Waals surface area contributed by atoms with Gasteiger partial charge in [0.1, 0.15) is 16.9 Å². The van der Waals surface area contributed by atoms with Gasteiger partial charge in [0.25, 0.3) is 0 Å². The van der Waals surface area contributed by atoms with Crippen molar-refractivity contribution in [1.82, 2.24) is 0 Å². The van der Waals surface area contributed by atoms with E-state index >= 15 is 0 Å². The number of hydrogen-bond acceptors (Lipinski definition) is 4. The molecule has 0 saturated carbocycles. The summed E-state index contributed by atoms with van der Waals surface area (Å²) >= 11 is 0. The summed E-state index contributed by atoms with van der Waals surface area (Å²) in [6, 6.07) is 8.54. The molecular weight excluding hydrogens is 208 g/mol. The second-order valence-corrected chi connectivity index (χ2v) is 3.55. The van der Waals surface area contributed by atoms with Crippen LogP contribution in [0.15, 0.2) is 30.3 Å². The van der Waals surface area contributed by atoms with Crippen LogP contribution >= 0.6 is 0 Å². The summed E-state index contributed by atoms with van der Waals surface area (Å²) in [7, 11) is 0. The van der Waals surface area contributed by atoms with E-state index in [1.165, 1.54) is 6.07 Å². The van der Waals surface area contributed by atoms with Crippen LogP contribution in [-0.2, 0) is 4.74 Å². The Morgan fingerprint density at radius 2 is 1.81 bits per heavy atom. The Bertz CT molecular complexity index is 643. The summed E-state index contributed by atoms with van der Waals surface area (Å²) in [5.74, 6) is -1.90. The highest BCUT2D eigenvalue weighted by Gasteiger charge is 2.31. The molecule has 2 aromatic rings. The Labute approximate surface area is 90.1 Å². The number of carbonyl (C=O) groups excluding carboxylic acids is 2. The average Bonchev–Trinajstić information content (AvgIpc) is 2.25. The lowest BCUT2D eigenvalue weighted by Crippen LogP contribution is -2.19. The van der Waals surface area contributed by atoms with Crippen LogP contribution in [0.2, 0.25) is 0 Å². The zero-order chi connectivity index (χ0) is 11.3. The molecule has 1 heterocycles. The lowest BCUT2D eigenvalue weighted by molar-refractivity contribution is 0.0379. The maximum absolute atomic E-state index is 11.5. The maximum atomic E-state index is 11.5. The summed E-state index contributed by atoms with van der Waals surface area (Å²) in [5.41, 5.74) is 0.0981. The van der Waals surface area contributed by atoms with E-state index in [0.717, 1.165) is 5.39 Å². The van der Waals surface area contributed by atoms with Crippen LogP contribution in [-0.4, -0.2) is 17.0 Å². The summed E-state index contributed by atoms with van der Waals surface area (Å²) < 4.78 is 4.52. The van der Waals surface area contributed by atoms with Crippen LogP contribution in [0.1, 0.15) is 20.7 Å². The molecule has 0 aromatic heterocycles. The third kappa shape index (κ3) is 0.982. The van der Waals surface area contributed by atoms with Gasteiger partial charge in [0.2, 0.25) is 0 Å². The highest BCUT2D eigenvalue weighted by Crippen LogP contribution is 2.35. The first-order valence-corrected chi connectivity index (χ1v) is 4.69. The minimum Gasteiger partial charge on any atom is -0.506 e. The first kappa shape index (κ1) is 8.91. The van der Waals surface area contributed by atoms with E-state index in [0.29, 0.717) is 5.39 Å². The minimum absolute atomic E-state index is 0.0355. The lowest BCUT2D eigenvalue weighted by atomic mass is 9.97. The molecule has 0 saturated heterocycles. The standard InChI is InChI=1S/C12H6O4/c13-10-8-5-6-3-1-2-4-7(6)9(10)12(15)16-11(8)14/h1-5,13H. The molecule has 1 aliphatic heterocycles. The van der Waals surface area contributed by atoms with Crippen molar-refractivity contribution in [2.24, 2.45) is 0 Å². The molecule has 2 aromatic carbocycles. The Hall–Kier alpha value is -2.36. The minimum atomic E-state index is -0.805. The lowest BCUT2D eigenvalue weighted by Gasteiger charge is -2.16. The number of fused-ring (bicyclic) bond motifs is 4. The number of phenolic OH excluding ortho intramolecular Hbond substituents is 1. The molecule has 78 valence electrons. The summed E-state index contributed by atoms with van der Waals surface area (Å²) in [5, 5.41) is 11.1. The van der Waals surface area contributed by atoms with E-state index in [4.69, 9.17) is 0 Å². The van der Waals surface area contributed by atoms with Gasteiger partial charge in [-0.15, -0.1) is 0 Å². The van der Waals surface area contributed by atoms with Crippen LogP contribution in [0.25, 0.3) is 10.8 Å². The molecule has 3 rings (SSSR count). The van der Waals surface area contributed by atoms with E-state index in [2.05, 4.69) is 4.74 Å². The van der Waals surface area contributed by atoms with Gasteiger partial charge in [-0.2, -0.15) is 0 Å². The number of benzene rings is 2. The predicted octanol–water partition coefficient (Wildman–Crippen LogP) is 1.86. The molecule has 0 atom stereocenters. The van der Waals surface area contributed by atoms with Gasteiger partial charge in [0.15, 0.2) is 0 Å². The van der Waals surface area contributed by atoms with Gasteiger partial charge in [0, 0.05) is 5.39 Å². The molecule has 0 aliphatic carbocycles. The van der Waals surface area contributed by atoms with Gasteiger partial charge >= 0.3 is 11.9 Å². The van der Waals surface area contributed by atoms with E-state index < -0.39 is 11.9 Å². The molecule has 4 nitrogen and oxygen atoms in total. The second kappa shape index (κ2) is 2.82. The maximum Gasteiger partial charge on any atom is 0.350 e. The molecule has 0 spiro atoms. The van der Waals surface area contributed by atoms with Crippen LogP contribution in [0.3, 0.4) is 0 Å². The van der Waals surface area contributed by atoms with Gasteiger partial charge in [-0.3, -0.25) is 0 Å². The first-order valence-electron chi connectivity index (χ1n) is 4.69. The van der Waals surface area contributed by atoms with Crippen molar-refractivity contribution >= 4 is 22.7 Å². The van der Waals surface area contributed by atoms with Crippen molar-refractivity contribution in [3.63, 3.8) is 0 Å². The molecule has 16 heavy (non-hydrogen) atoms. The van der Waals surface area contributed by atoms with Gasteiger partial charge in [-0.25, -0.2) is 9.59 Å². The van der Waals surface area contributed by atoms with Crippen molar-refractivity contribution in [3.05, 3.63) is 41.5 Å². The monoisotopic (exact) mass is 214 g/mol. The largest absolute Gasteiger partial charge is 0.506 e. The zero-order valence-electron chi connectivity index (χ0n) is 8.06. The fourth-order valence-electron chi connectivity index (χ4n) is 1.89. The third-order valence-corrected chi connectivity index (χ3v) is 2.63. The fourth-order valence-corrected chi connectivity index (χ4v) is 1.89. The molecule has 2 bridgehead atoms. The summed E-state index contributed by atoms with van der Waals surface area (Å²) in [6.07, 6.45) is 0. The molecule has 0 radical (unpaired) electrons. The third-order valence-electron chi connectivity index (χ3n) is 2.63. The van der Waals surface area contributed by atoms with E-state index in [9.17, 15) is 14.7 Å². The molecule has 1 aliphatic rings. The number of hydrogen-bond donors (Lipinski definition) is 1. The predicted molar refractivity (Wildman–Crippen MR) is 55.4 cm³/mol. The Morgan fingerprint density at radius 3 is 2.62 bits per heavy atom. The van der Waals surface area contributed by atoms with E-state index in [1.54, 1.807) is 24.3 Å². The SMILES string of the molecule is O=C1OC(=O)c2c(O)c1cc1ccccc21. The van der Waals surface area contributed by atoms with Gasteiger partial charge < -0.3 is 9.84 Å². The molecule has 0 amide bonds. The molecule has 0 unspecified atom stereocenters. The van der Waals surface area contributed by atoms with E-state index in [-0.39, 0.29) is 16.9 Å². The van der Waals surface area contributed by atoms with Crippen molar-refractivity contribution in [3.8, 4) is 5.75 Å². The number of ether oxygens (including phenoxy) is 1. The smallest absolute Gasteiger partial charge is 0.350 e. The number of carbonyl (C=O) groups is 2. The Balaban J connectivity index is 2.55. The highest BCUT2D eigenvalue weighted by atomic mass is 16.6. The average molecular weight is 214 g/mol. The molecule has 0 fully saturated rings. The quantitative estimate of drug-likeness (QED) is 0.537. The fraction of sp³-hybridized carbons (Fsp3) is 0.